The van der Waals surface area contributed by atoms with Crippen LogP contribution in [0.15, 0.2) is 24.4 Å². The van der Waals surface area contributed by atoms with Crippen molar-refractivity contribution < 1.29 is 14.3 Å². The van der Waals surface area contributed by atoms with Gasteiger partial charge in [-0.25, -0.2) is 0 Å². The molecule has 2 N–H and O–H groups in total. The van der Waals surface area contributed by atoms with Crippen LogP contribution in [0.3, 0.4) is 0 Å². The molecule has 1 aliphatic carbocycles. The number of nitrogens with zero attached hydrogens (tertiary/aromatic N) is 1. The molecule has 2 aliphatic rings. The van der Waals surface area contributed by atoms with Crippen LogP contribution in [-0.4, -0.2) is 60.8 Å². The van der Waals surface area contributed by atoms with E-state index in [0.717, 1.165) is 61.4 Å². The van der Waals surface area contributed by atoms with Crippen molar-refractivity contribution in [2.75, 3.05) is 33.4 Å². The number of rotatable bonds is 6. The predicted octanol–water partition coefficient (Wildman–Crippen LogP) is 2.87. The molecule has 4 rings (SSSR count). The molecule has 1 aliphatic heterocycles. The zero-order valence-corrected chi connectivity index (χ0v) is 16.9. The van der Waals surface area contributed by atoms with E-state index in [0.29, 0.717) is 6.42 Å². The monoisotopic (exact) mass is 385 g/mol. The Morgan fingerprint density at radius 3 is 2.79 bits per heavy atom. The minimum absolute atomic E-state index is 0.0668. The topological polar surface area (TPSA) is 66.6 Å². The minimum Gasteiger partial charge on any atom is -0.496 e. The van der Waals surface area contributed by atoms with Crippen molar-refractivity contribution >= 4 is 16.8 Å². The molecule has 1 aromatic carbocycles. The van der Waals surface area contributed by atoms with E-state index in [9.17, 15) is 4.79 Å². The SMILES string of the molecule is COc1cccc2[nH]cc(CC(=O)NC(C)C3(N4CCOCC4)CCCC3)c12. The molecular weight excluding hydrogens is 354 g/mol. The lowest BCUT2D eigenvalue weighted by atomic mass is 9.86. The van der Waals surface area contributed by atoms with Crippen LogP contribution >= 0.6 is 0 Å². The highest BCUT2D eigenvalue weighted by Gasteiger charge is 2.44. The number of fused-ring (bicyclic) bond motifs is 1. The molecule has 1 unspecified atom stereocenters. The Balaban J connectivity index is 1.48. The Morgan fingerprint density at radius 1 is 1.32 bits per heavy atom. The highest BCUT2D eigenvalue weighted by molar-refractivity contribution is 5.93. The summed E-state index contributed by atoms with van der Waals surface area (Å²) in [5, 5.41) is 4.32. The molecule has 0 spiro atoms. The minimum atomic E-state index is 0.0668. The fraction of sp³-hybridized carbons (Fsp3) is 0.591. The number of carbonyl (C=O) groups is 1. The molecule has 28 heavy (non-hydrogen) atoms. The molecule has 152 valence electrons. The summed E-state index contributed by atoms with van der Waals surface area (Å²) in [6.45, 7) is 5.67. The van der Waals surface area contributed by atoms with Gasteiger partial charge in [0.25, 0.3) is 0 Å². The molecule has 0 radical (unpaired) electrons. The number of carbonyl (C=O) groups excluding carboxylic acids is 1. The van der Waals surface area contributed by atoms with Crippen molar-refractivity contribution in [1.82, 2.24) is 15.2 Å². The average Bonchev–Trinajstić information content (AvgIpc) is 3.37. The van der Waals surface area contributed by atoms with Gasteiger partial charge in [-0.05, 0) is 37.5 Å². The van der Waals surface area contributed by atoms with Crippen molar-refractivity contribution in [1.29, 1.82) is 0 Å². The van der Waals surface area contributed by atoms with Crippen LogP contribution in [0.25, 0.3) is 10.9 Å². The van der Waals surface area contributed by atoms with Gasteiger partial charge in [0.2, 0.25) is 5.91 Å². The maximum absolute atomic E-state index is 12.9. The van der Waals surface area contributed by atoms with Crippen molar-refractivity contribution in [2.45, 2.75) is 50.6 Å². The summed E-state index contributed by atoms with van der Waals surface area (Å²) in [5.74, 6) is 0.869. The highest BCUT2D eigenvalue weighted by atomic mass is 16.5. The molecule has 1 saturated heterocycles. The lowest BCUT2D eigenvalue weighted by Crippen LogP contribution is -2.62. The maximum atomic E-state index is 12.9. The first kappa shape index (κ1) is 19.3. The largest absolute Gasteiger partial charge is 0.496 e. The molecule has 6 nitrogen and oxygen atoms in total. The third kappa shape index (κ3) is 3.51. The number of aromatic nitrogens is 1. The van der Waals surface area contributed by atoms with E-state index in [4.69, 9.17) is 9.47 Å². The van der Waals surface area contributed by atoms with Crippen LogP contribution in [0.2, 0.25) is 0 Å². The second-order valence-corrected chi connectivity index (χ2v) is 8.07. The zero-order valence-electron chi connectivity index (χ0n) is 16.9. The average molecular weight is 386 g/mol. The van der Waals surface area contributed by atoms with Crippen LogP contribution < -0.4 is 10.1 Å². The van der Waals surface area contributed by atoms with E-state index < -0.39 is 0 Å². The molecule has 1 amide bonds. The zero-order chi connectivity index (χ0) is 19.6. The molecule has 0 bridgehead atoms. The number of nitrogens with one attached hydrogen (secondary N) is 2. The van der Waals surface area contributed by atoms with E-state index in [1.54, 1.807) is 7.11 Å². The van der Waals surface area contributed by atoms with Gasteiger partial charge < -0.3 is 19.8 Å². The van der Waals surface area contributed by atoms with Crippen LogP contribution in [-0.2, 0) is 16.0 Å². The third-order valence-corrected chi connectivity index (χ3v) is 6.61. The molecule has 1 saturated carbocycles. The summed E-state index contributed by atoms with van der Waals surface area (Å²) in [6, 6.07) is 6.02. The molecule has 2 fully saturated rings. The van der Waals surface area contributed by atoms with Crippen LogP contribution in [0.1, 0.15) is 38.2 Å². The number of ether oxygens (including phenoxy) is 2. The second kappa shape index (κ2) is 8.13. The Bertz CT molecular complexity index is 820. The van der Waals surface area contributed by atoms with E-state index >= 15 is 0 Å². The van der Waals surface area contributed by atoms with E-state index in [1.165, 1.54) is 12.8 Å². The van der Waals surface area contributed by atoms with Crippen LogP contribution in [0.4, 0.5) is 0 Å². The van der Waals surface area contributed by atoms with Gasteiger partial charge in [-0.1, -0.05) is 18.9 Å². The van der Waals surface area contributed by atoms with Gasteiger partial charge in [0.15, 0.2) is 0 Å². The number of H-pyrrole nitrogens is 1. The highest BCUT2D eigenvalue weighted by Crippen LogP contribution is 2.38. The number of hydrogen-bond acceptors (Lipinski definition) is 4. The van der Waals surface area contributed by atoms with Crippen molar-refractivity contribution in [2.24, 2.45) is 0 Å². The molecule has 2 heterocycles. The van der Waals surface area contributed by atoms with Crippen molar-refractivity contribution in [3.63, 3.8) is 0 Å². The number of morpholine rings is 1. The number of amides is 1. The van der Waals surface area contributed by atoms with Gasteiger partial charge in [-0.2, -0.15) is 0 Å². The summed E-state index contributed by atoms with van der Waals surface area (Å²) in [7, 11) is 1.67. The Kier molecular flexibility index (Phi) is 5.60. The number of hydrogen-bond donors (Lipinski definition) is 2. The first-order chi connectivity index (χ1) is 13.6. The summed E-state index contributed by atoms with van der Waals surface area (Å²) in [6.07, 6.45) is 7.04. The van der Waals surface area contributed by atoms with Gasteiger partial charge >= 0.3 is 0 Å². The molecule has 6 heteroatoms. The van der Waals surface area contributed by atoms with E-state index in [2.05, 4.69) is 22.1 Å². The normalized spacial score (nSPS) is 20.9. The fourth-order valence-corrected chi connectivity index (χ4v) is 5.15. The van der Waals surface area contributed by atoms with Crippen molar-refractivity contribution in [3.8, 4) is 5.75 Å². The van der Waals surface area contributed by atoms with Crippen molar-refractivity contribution in [3.05, 3.63) is 30.0 Å². The summed E-state index contributed by atoms with van der Waals surface area (Å²) in [4.78, 5) is 18.7. The number of methoxy groups -OCH3 is 1. The summed E-state index contributed by atoms with van der Waals surface area (Å²) >= 11 is 0. The number of benzene rings is 1. The van der Waals surface area contributed by atoms with Gasteiger partial charge in [0.05, 0.1) is 26.7 Å². The van der Waals surface area contributed by atoms with Crippen LogP contribution in [0, 0.1) is 0 Å². The Morgan fingerprint density at radius 2 is 2.07 bits per heavy atom. The summed E-state index contributed by atoms with van der Waals surface area (Å²) < 4.78 is 11.0. The molecule has 1 atom stereocenters. The molecule has 1 aromatic heterocycles. The smallest absolute Gasteiger partial charge is 0.224 e. The van der Waals surface area contributed by atoms with E-state index in [-0.39, 0.29) is 17.5 Å². The lowest BCUT2D eigenvalue weighted by molar-refractivity contribution is -0.122. The van der Waals surface area contributed by atoms with Gasteiger partial charge in [-0.15, -0.1) is 0 Å². The van der Waals surface area contributed by atoms with Gasteiger partial charge in [0.1, 0.15) is 5.75 Å². The molecular formula is C22H31N3O3. The summed E-state index contributed by atoms with van der Waals surface area (Å²) in [5.41, 5.74) is 2.04. The van der Waals surface area contributed by atoms with E-state index in [1.807, 2.05) is 24.4 Å². The third-order valence-electron chi connectivity index (χ3n) is 6.61. The first-order valence-electron chi connectivity index (χ1n) is 10.4. The quantitative estimate of drug-likeness (QED) is 0.802. The predicted molar refractivity (Wildman–Crippen MR) is 110 cm³/mol. The van der Waals surface area contributed by atoms with Gasteiger partial charge in [-0.3, -0.25) is 9.69 Å². The second-order valence-electron chi connectivity index (χ2n) is 8.07. The Hall–Kier alpha value is -2.05. The van der Waals surface area contributed by atoms with Gasteiger partial charge in [0, 0.05) is 41.8 Å². The van der Waals surface area contributed by atoms with Crippen LogP contribution in [0.5, 0.6) is 5.75 Å². The fourth-order valence-electron chi connectivity index (χ4n) is 5.15. The molecule has 2 aromatic rings. The first-order valence-corrected chi connectivity index (χ1v) is 10.4. The number of aromatic amines is 1. The maximum Gasteiger partial charge on any atom is 0.224 e. The Labute approximate surface area is 166 Å². The standard InChI is InChI=1S/C22H31N3O3/c1-16(22(8-3-4-9-22)25-10-12-28-13-11-25)24-20(26)14-17-15-23-18-6-5-7-19(27-2)21(17)18/h5-7,15-16,23H,3-4,8-14H2,1-2H3,(H,24,26). The lowest BCUT2D eigenvalue weighted by Gasteiger charge is -2.47.